The zero-order valence-corrected chi connectivity index (χ0v) is 20.1. The summed E-state index contributed by atoms with van der Waals surface area (Å²) in [6.45, 7) is -0.181. The fraction of sp³-hybridized carbons (Fsp3) is 0.565. The van der Waals surface area contributed by atoms with Gasteiger partial charge in [-0.05, 0) is 37.3 Å². The molecule has 0 unspecified atom stereocenters. The fourth-order valence-corrected chi connectivity index (χ4v) is 5.94. The molecule has 0 radical (unpaired) electrons. The van der Waals surface area contributed by atoms with Crippen LogP contribution in [0.2, 0.25) is 5.02 Å². The lowest BCUT2D eigenvalue weighted by Crippen LogP contribution is -2.57. The molecule has 0 spiro atoms. The van der Waals surface area contributed by atoms with Crippen LogP contribution in [0, 0.1) is 17.6 Å². The van der Waals surface area contributed by atoms with E-state index >= 15 is 0 Å². The standard InChI is InChI=1S/C23H25ClF2N6O4/c1-35-22-15(8-31-9-17(28-29-31)23-4-11(5-23)6-23)36-16(10-33)21(34)20(22)32-7-14(27-30-32)12-2-3-13(24)19(26)18(12)25/h2-3,7,9,11,15-16,20-22,33-34H,4-6,8,10H2,1H3/t11?,15-,16-,20+,21+,22+,23?/m1/s1. The van der Waals surface area contributed by atoms with Gasteiger partial charge in [-0.3, -0.25) is 0 Å². The summed E-state index contributed by atoms with van der Waals surface area (Å²) >= 11 is 5.66. The highest BCUT2D eigenvalue weighted by Crippen LogP contribution is 2.64. The Balaban J connectivity index is 1.28. The second-order valence-electron chi connectivity index (χ2n) is 9.97. The molecule has 1 aliphatic heterocycles. The maximum absolute atomic E-state index is 14.5. The largest absolute Gasteiger partial charge is 0.394 e. The third-order valence-electron chi connectivity index (χ3n) is 7.85. The molecule has 3 saturated carbocycles. The highest BCUT2D eigenvalue weighted by atomic mass is 35.5. The highest BCUT2D eigenvalue weighted by molar-refractivity contribution is 6.30. The van der Waals surface area contributed by atoms with Gasteiger partial charge < -0.3 is 19.7 Å². The molecule has 10 nitrogen and oxygen atoms in total. The third-order valence-corrected chi connectivity index (χ3v) is 8.14. The summed E-state index contributed by atoms with van der Waals surface area (Å²) in [7, 11) is 1.47. The van der Waals surface area contributed by atoms with Crippen LogP contribution in [0.25, 0.3) is 11.3 Å². The Morgan fingerprint density at radius 3 is 2.58 bits per heavy atom. The molecule has 4 aliphatic rings. The van der Waals surface area contributed by atoms with Crippen LogP contribution >= 0.6 is 11.6 Å². The Hall–Kier alpha value is -2.51. The highest BCUT2D eigenvalue weighted by Gasteiger charge is 2.59. The topological polar surface area (TPSA) is 120 Å². The second kappa shape index (κ2) is 8.80. The van der Waals surface area contributed by atoms with Crippen molar-refractivity contribution in [3.63, 3.8) is 0 Å². The van der Waals surface area contributed by atoms with E-state index in [2.05, 4.69) is 20.6 Å². The minimum atomic E-state index is -1.22. The second-order valence-corrected chi connectivity index (χ2v) is 10.4. The van der Waals surface area contributed by atoms with Crippen LogP contribution in [0.1, 0.15) is 31.0 Å². The maximum atomic E-state index is 14.5. The van der Waals surface area contributed by atoms with E-state index in [9.17, 15) is 19.0 Å². The number of nitrogens with zero attached hydrogens (tertiary/aromatic N) is 6. The zero-order valence-electron chi connectivity index (χ0n) is 19.3. The van der Waals surface area contributed by atoms with Crippen LogP contribution < -0.4 is 0 Å². The Kier molecular flexibility index (Phi) is 5.84. The van der Waals surface area contributed by atoms with Gasteiger partial charge in [0.05, 0.1) is 30.1 Å². The molecule has 1 aromatic carbocycles. The third kappa shape index (κ3) is 3.66. The van der Waals surface area contributed by atoms with Crippen molar-refractivity contribution in [2.45, 2.75) is 61.7 Å². The van der Waals surface area contributed by atoms with Gasteiger partial charge in [-0.15, -0.1) is 10.2 Å². The Morgan fingerprint density at radius 1 is 1.14 bits per heavy atom. The van der Waals surface area contributed by atoms with E-state index in [0.717, 1.165) is 30.9 Å². The Labute approximate surface area is 209 Å². The first-order valence-electron chi connectivity index (χ1n) is 11.8. The fourth-order valence-electron chi connectivity index (χ4n) is 5.79. The number of hydrogen-bond donors (Lipinski definition) is 2. The number of benzene rings is 1. The van der Waals surface area contributed by atoms with Gasteiger partial charge in [-0.25, -0.2) is 18.1 Å². The van der Waals surface area contributed by atoms with Crippen molar-refractivity contribution >= 4 is 11.6 Å². The van der Waals surface area contributed by atoms with Crippen molar-refractivity contribution in [1.82, 2.24) is 30.0 Å². The van der Waals surface area contributed by atoms with Crippen molar-refractivity contribution in [2.75, 3.05) is 13.7 Å². The van der Waals surface area contributed by atoms with Crippen LogP contribution in [0.15, 0.2) is 24.5 Å². The summed E-state index contributed by atoms with van der Waals surface area (Å²) in [5.41, 5.74) is 1.06. The first-order chi connectivity index (χ1) is 17.3. The zero-order chi connectivity index (χ0) is 25.2. The molecule has 3 heterocycles. The van der Waals surface area contributed by atoms with Crippen molar-refractivity contribution in [1.29, 1.82) is 0 Å². The van der Waals surface area contributed by atoms with Gasteiger partial charge in [-0.1, -0.05) is 22.0 Å². The first-order valence-corrected chi connectivity index (χ1v) is 12.1. The van der Waals surface area contributed by atoms with Crippen molar-refractivity contribution in [3.8, 4) is 11.3 Å². The smallest absolute Gasteiger partial charge is 0.178 e. The molecule has 36 heavy (non-hydrogen) atoms. The van der Waals surface area contributed by atoms with Crippen LogP contribution in [0.5, 0.6) is 0 Å². The first kappa shape index (κ1) is 23.9. The Bertz CT molecular complexity index is 1270. The van der Waals surface area contributed by atoms with E-state index in [1.165, 1.54) is 30.1 Å². The summed E-state index contributed by atoms with van der Waals surface area (Å²) in [5, 5.41) is 37.2. The summed E-state index contributed by atoms with van der Waals surface area (Å²) in [4.78, 5) is 0. The number of hydrogen-bond acceptors (Lipinski definition) is 8. The van der Waals surface area contributed by atoms with Crippen molar-refractivity contribution < 1.29 is 28.5 Å². The number of ether oxygens (including phenoxy) is 2. The average Bonchev–Trinajstić information content (AvgIpc) is 3.46. The quantitative estimate of drug-likeness (QED) is 0.451. The van der Waals surface area contributed by atoms with Crippen molar-refractivity contribution in [2.24, 2.45) is 5.92 Å². The molecule has 13 heteroatoms. The van der Waals surface area contributed by atoms with E-state index < -0.39 is 48.7 Å². The average molecular weight is 523 g/mol. The van der Waals surface area contributed by atoms with E-state index in [1.54, 1.807) is 4.68 Å². The lowest BCUT2D eigenvalue weighted by Gasteiger charge is -2.60. The van der Waals surface area contributed by atoms with Gasteiger partial charge in [-0.2, -0.15) is 0 Å². The summed E-state index contributed by atoms with van der Waals surface area (Å²) in [6.07, 6.45) is 3.25. The van der Waals surface area contributed by atoms with Gasteiger partial charge in [0.25, 0.3) is 0 Å². The predicted octanol–water partition coefficient (Wildman–Crippen LogP) is 1.90. The molecule has 1 saturated heterocycles. The van der Waals surface area contributed by atoms with Gasteiger partial charge in [0.1, 0.15) is 36.2 Å². The molecule has 3 aromatic rings. The SMILES string of the molecule is CO[C@@H]1[C@@H](n2cc(-c3ccc(Cl)c(F)c3F)nn2)[C@@H](O)[C@@H](CO)O[C@@H]1Cn1cc(C23CC(C2)C3)nn1. The molecule has 192 valence electrons. The normalized spacial score (nSPS) is 33.3. The van der Waals surface area contributed by atoms with E-state index in [1.807, 2.05) is 6.20 Å². The number of rotatable bonds is 7. The number of aromatic nitrogens is 6. The lowest BCUT2D eigenvalue weighted by atomic mass is 9.43. The molecule has 2 aromatic heterocycles. The minimum Gasteiger partial charge on any atom is -0.394 e. The molecule has 3 aliphatic carbocycles. The summed E-state index contributed by atoms with van der Waals surface area (Å²) in [5.74, 6) is -1.52. The summed E-state index contributed by atoms with van der Waals surface area (Å²) in [6, 6.07) is 1.69. The summed E-state index contributed by atoms with van der Waals surface area (Å²) < 4.78 is 43.2. The maximum Gasteiger partial charge on any atom is 0.178 e. The van der Waals surface area contributed by atoms with Crippen LogP contribution in [0.4, 0.5) is 8.78 Å². The van der Waals surface area contributed by atoms with Crippen molar-refractivity contribution in [3.05, 3.63) is 46.9 Å². The molecule has 5 atom stereocenters. The lowest BCUT2D eigenvalue weighted by molar-refractivity contribution is -0.216. The van der Waals surface area contributed by atoms with Crippen LogP contribution in [0.3, 0.4) is 0 Å². The number of methoxy groups -OCH3 is 1. The number of halogens is 3. The number of aliphatic hydroxyl groups is 2. The molecule has 2 N–H and O–H groups in total. The molecule has 7 rings (SSSR count). The Morgan fingerprint density at radius 2 is 1.92 bits per heavy atom. The van der Waals surface area contributed by atoms with Gasteiger partial charge in [0.2, 0.25) is 0 Å². The van der Waals surface area contributed by atoms with Crippen LogP contribution in [-0.4, -0.2) is 78.3 Å². The van der Waals surface area contributed by atoms with Crippen LogP contribution in [-0.2, 0) is 21.4 Å². The molecule has 2 bridgehead atoms. The van der Waals surface area contributed by atoms with E-state index in [4.69, 9.17) is 21.1 Å². The molecular formula is C23H25ClF2N6O4. The molecular weight excluding hydrogens is 498 g/mol. The number of aliphatic hydroxyl groups excluding tert-OH is 2. The minimum absolute atomic E-state index is 0.0492. The van der Waals surface area contributed by atoms with E-state index in [-0.39, 0.29) is 28.2 Å². The monoisotopic (exact) mass is 522 g/mol. The molecule has 4 fully saturated rings. The molecule has 0 amide bonds. The van der Waals surface area contributed by atoms with E-state index in [0.29, 0.717) is 0 Å². The predicted molar refractivity (Wildman–Crippen MR) is 121 cm³/mol. The van der Waals surface area contributed by atoms with Gasteiger partial charge in [0, 0.05) is 24.3 Å². The van der Waals surface area contributed by atoms with Gasteiger partial charge >= 0.3 is 0 Å². The van der Waals surface area contributed by atoms with Gasteiger partial charge in [0.15, 0.2) is 11.6 Å².